The Morgan fingerprint density at radius 1 is 0.365 bits per heavy atom. The maximum atomic E-state index is 5.89. The van der Waals surface area contributed by atoms with Crippen molar-refractivity contribution in [2.45, 2.75) is 105 Å². The van der Waals surface area contributed by atoms with Crippen molar-refractivity contribution in [2.75, 3.05) is 13.2 Å². The van der Waals surface area contributed by atoms with Crippen LogP contribution in [0.3, 0.4) is 0 Å². The molecule has 4 heterocycles. The van der Waals surface area contributed by atoms with E-state index in [9.17, 15) is 0 Å². The zero-order valence-corrected chi connectivity index (χ0v) is 32.5. The molecule has 0 aliphatic carbocycles. The summed E-state index contributed by atoms with van der Waals surface area (Å²) in [4.78, 5) is 0. The van der Waals surface area contributed by atoms with E-state index in [1.807, 2.05) is 60.7 Å². The molecule has 6 heteroatoms. The number of para-hydroxylation sites is 6. The zero-order chi connectivity index (χ0) is 37.0. The van der Waals surface area contributed by atoms with E-state index in [-0.39, 0.29) is 12.2 Å². The summed E-state index contributed by atoms with van der Waals surface area (Å²) in [7, 11) is 0. The van der Waals surface area contributed by atoms with E-state index < -0.39 is 0 Å². The summed E-state index contributed by atoms with van der Waals surface area (Å²) in [5.41, 5.74) is 2.72. The van der Waals surface area contributed by atoms with Crippen LogP contribution in [0.15, 0.2) is 97.1 Å². The van der Waals surface area contributed by atoms with Crippen molar-refractivity contribution in [1.29, 1.82) is 0 Å². The smallest absolute Gasteiger partial charge is 0.161 e. The fourth-order valence-electron chi connectivity index (χ4n) is 6.36. The predicted octanol–water partition coefficient (Wildman–Crippen LogP) is 11.0. The van der Waals surface area contributed by atoms with E-state index in [1.165, 1.54) is 24.0 Å². The van der Waals surface area contributed by atoms with Gasteiger partial charge in [0, 0.05) is 0 Å². The third-order valence-corrected chi connectivity index (χ3v) is 9.93. The normalized spacial score (nSPS) is 20.7. The maximum absolute atomic E-state index is 5.89. The summed E-state index contributed by atoms with van der Waals surface area (Å²) in [6, 6.07) is 32.3. The molecule has 0 N–H and O–H groups in total. The molecule has 8 rings (SSSR count). The lowest BCUT2D eigenvalue weighted by Crippen LogP contribution is -2.33. The van der Waals surface area contributed by atoms with Gasteiger partial charge in [-0.2, -0.15) is 0 Å². The molecule has 4 aromatic rings. The standard InChI is InChI=1S/2C12H16O.2C11H14O2/c2*1-9(2)11-8-7-10-5-3-4-6-12(10)13-11;2*1-8(2)11-7-12-9-5-3-4-6-10(9)13-11/h2*3-6,9,11H,7-8H2,1-2H3;2*3-6,8,11H,7H2,1-2H3/t11-;;11-;/m1.1./s1. The van der Waals surface area contributed by atoms with Crippen LogP contribution < -0.4 is 28.4 Å². The van der Waals surface area contributed by atoms with Crippen molar-refractivity contribution >= 4 is 0 Å². The molecule has 52 heavy (non-hydrogen) atoms. The molecule has 4 aromatic carbocycles. The molecule has 0 fully saturated rings. The minimum Gasteiger partial charge on any atom is -0.490 e. The van der Waals surface area contributed by atoms with E-state index in [1.54, 1.807) is 0 Å². The van der Waals surface area contributed by atoms with Gasteiger partial charge in [-0.05, 0) is 96.9 Å². The van der Waals surface area contributed by atoms with E-state index in [2.05, 4.69) is 91.8 Å². The number of rotatable bonds is 4. The number of ether oxygens (including phenoxy) is 6. The maximum Gasteiger partial charge on any atom is 0.161 e. The lowest BCUT2D eigenvalue weighted by molar-refractivity contribution is 0.0591. The Morgan fingerprint density at radius 3 is 1.00 bits per heavy atom. The average Bonchev–Trinajstić information content (AvgIpc) is 3.17. The van der Waals surface area contributed by atoms with E-state index in [0.717, 1.165) is 47.3 Å². The molecule has 0 amide bonds. The van der Waals surface area contributed by atoms with E-state index in [0.29, 0.717) is 49.1 Å². The van der Waals surface area contributed by atoms with Gasteiger partial charge in [0.15, 0.2) is 23.0 Å². The Kier molecular flexibility index (Phi) is 14.2. The number of aryl methyl sites for hydroxylation is 2. The number of benzene rings is 4. The van der Waals surface area contributed by atoms with Gasteiger partial charge in [-0.1, -0.05) is 116 Å². The predicted molar refractivity (Wildman–Crippen MR) is 210 cm³/mol. The summed E-state index contributed by atoms with van der Waals surface area (Å²) in [5.74, 6) is 7.86. The highest BCUT2D eigenvalue weighted by atomic mass is 16.6. The van der Waals surface area contributed by atoms with Gasteiger partial charge in [-0.15, -0.1) is 0 Å². The summed E-state index contributed by atoms with van der Waals surface area (Å²) >= 11 is 0. The summed E-state index contributed by atoms with van der Waals surface area (Å²) < 4.78 is 34.5. The van der Waals surface area contributed by atoms with Crippen LogP contribution in [0.2, 0.25) is 0 Å². The third-order valence-electron chi connectivity index (χ3n) is 9.93. The first kappa shape index (κ1) is 38.9. The highest BCUT2D eigenvalue weighted by molar-refractivity contribution is 5.41. The number of hydrogen-bond acceptors (Lipinski definition) is 6. The Labute approximate surface area is 312 Å². The Hall–Kier alpha value is -4.32. The quantitative estimate of drug-likeness (QED) is 0.210. The van der Waals surface area contributed by atoms with Gasteiger partial charge < -0.3 is 28.4 Å². The highest BCUT2D eigenvalue weighted by Crippen LogP contribution is 2.34. The van der Waals surface area contributed by atoms with Crippen LogP contribution in [0.5, 0.6) is 34.5 Å². The van der Waals surface area contributed by atoms with Crippen LogP contribution >= 0.6 is 0 Å². The zero-order valence-electron chi connectivity index (χ0n) is 32.5. The second-order valence-electron chi connectivity index (χ2n) is 15.4. The lowest BCUT2D eigenvalue weighted by Gasteiger charge is -2.28. The second kappa shape index (κ2) is 19.0. The third kappa shape index (κ3) is 10.8. The van der Waals surface area contributed by atoms with Crippen LogP contribution in [0.25, 0.3) is 0 Å². The second-order valence-corrected chi connectivity index (χ2v) is 15.4. The first-order valence-corrected chi connectivity index (χ1v) is 19.3. The molecule has 0 saturated carbocycles. The molecule has 0 radical (unpaired) electrons. The molecule has 0 spiro atoms. The molecule has 0 bridgehead atoms. The van der Waals surface area contributed by atoms with Crippen molar-refractivity contribution in [3.63, 3.8) is 0 Å². The van der Waals surface area contributed by atoms with Gasteiger partial charge in [0.1, 0.15) is 49.1 Å². The topological polar surface area (TPSA) is 55.4 Å². The largest absolute Gasteiger partial charge is 0.490 e. The summed E-state index contributed by atoms with van der Waals surface area (Å²) in [6.07, 6.45) is 5.86. The van der Waals surface area contributed by atoms with Crippen LogP contribution in [0.4, 0.5) is 0 Å². The lowest BCUT2D eigenvalue weighted by atomic mass is 9.96. The monoisotopic (exact) mass is 708 g/mol. The number of fused-ring (bicyclic) bond motifs is 4. The van der Waals surface area contributed by atoms with Crippen LogP contribution in [0.1, 0.15) is 79.4 Å². The summed E-state index contributed by atoms with van der Waals surface area (Å²) in [5, 5.41) is 0. The Morgan fingerprint density at radius 2 is 0.654 bits per heavy atom. The Bertz CT molecular complexity index is 1420. The van der Waals surface area contributed by atoms with Gasteiger partial charge in [0.05, 0.1) is 0 Å². The average molecular weight is 709 g/mol. The van der Waals surface area contributed by atoms with Gasteiger partial charge in [-0.25, -0.2) is 0 Å². The molecule has 0 saturated heterocycles. The van der Waals surface area contributed by atoms with Gasteiger partial charge in [-0.3, -0.25) is 0 Å². The minimum atomic E-state index is 0.190. The molecule has 4 aliphatic rings. The van der Waals surface area contributed by atoms with Crippen molar-refractivity contribution < 1.29 is 28.4 Å². The molecule has 0 aromatic heterocycles. The number of hydrogen-bond donors (Lipinski definition) is 0. The van der Waals surface area contributed by atoms with Crippen LogP contribution in [-0.2, 0) is 12.8 Å². The molecule has 6 nitrogen and oxygen atoms in total. The SMILES string of the molecule is CC(C)C1CCc2ccccc2O1.CC(C)C1COc2ccccc2O1.CC(C)[C@H]1CCc2ccccc2O1.CC(C)[C@H]1COc2ccccc2O1. The van der Waals surface area contributed by atoms with Crippen LogP contribution in [0, 0.1) is 23.7 Å². The van der Waals surface area contributed by atoms with E-state index in [4.69, 9.17) is 28.4 Å². The highest BCUT2D eigenvalue weighted by Gasteiger charge is 2.25. The first-order chi connectivity index (χ1) is 25.1. The van der Waals surface area contributed by atoms with Crippen LogP contribution in [-0.4, -0.2) is 37.6 Å². The molecule has 4 aliphatic heterocycles. The van der Waals surface area contributed by atoms with Gasteiger partial charge in [0.25, 0.3) is 0 Å². The van der Waals surface area contributed by atoms with Crippen molar-refractivity contribution in [3.05, 3.63) is 108 Å². The van der Waals surface area contributed by atoms with E-state index >= 15 is 0 Å². The fraction of sp³-hybridized carbons (Fsp3) is 0.478. The summed E-state index contributed by atoms with van der Waals surface area (Å²) in [6.45, 7) is 18.8. The van der Waals surface area contributed by atoms with Gasteiger partial charge >= 0.3 is 0 Å². The van der Waals surface area contributed by atoms with Crippen molar-refractivity contribution in [2.24, 2.45) is 23.7 Å². The van der Waals surface area contributed by atoms with Crippen molar-refractivity contribution in [1.82, 2.24) is 0 Å². The molecular weight excluding hydrogens is 649 g/mol. The minimum absolute atomic E-state index is 0.190. The molecular formula is C46H60O6. The molecule has 2 unspecified atom stereocenters. The molecule has 4 atom stereocenters. The van der Waals surface area contributed by atoms with Crippen molar-refractivity contribution in [3.8, 4) is 34.5 Å². The molecule has 280 valence electrons. The Balaban J connectivity index is 0.000000134. The van der Waals surface area contributed by atoms with Gasteiger partial charge in [0.2, 0.25) is 0 Å². The first-order valence-electron chi connectivity index (χ1n) is 19.3. The fourth-order valence-corrected chi connectivity index (χ4v) is 6.36.